The van der Waals surface area contributed by atoms with Crippen molar-refractivity contribution >= 4 is 21.6 Å². The molecule has 1 aromatic rings. The first-order valence-corrected chi connectivity index (χ1v) is 8.38. The second kappa shape index (κ2) is 6.27. The Balaban J connectivity index is 2.22. The minimum absolute atomic E-state index is 0.0880. The Morgan fingerprint density at radius 2 is 2.05 bits per heavy atom. The summed E-state index contributed by atoms with van der Waals surface area (Å²) in [7, 11) is 0. The lowest BCUT2D eigenvalue weighted by Gasteiger charge is -2.40. The van der Waals surface area contributed by atoms with E-state index in [1.54, 1.807) is 0 Å². The van der Waals surface area contributed by atoms with Crippen molar-refractivity contribution in [3.63, 3.8) is 0 Å². The van der Waals surface area contributed by atoms with Gasteiger partial charge in [-0.25, -0.2) is 0 Å². The third-order valence-electron chi connectivity index (χ3n) is 3.62. The lowest BCUT2D eigenvalue weighted by Crippen LogP contribution is -2.48. The zero-order valence-electron chi connectivity index (χ0n) is 13.8. The number of nitrogens with one attached hydrogen (secondary N) is 1. The number of halogens is 1. The molecule has 1 heterocycles. The zero-order valence-corrected chi connectivity index (χ0v) is 15.4. The van der Waals surface area contributed by atoms with Crippen LogP contribution in [0.25, 0.3) is 0 Å². The van der Waals surface area contributed by atoms with Gasteiger partial charge >= 0.3 is 0 Å². The molecule has 0 unspecified atom stereocenters. The standard InChI is InChI=1S/C17H27BrN2O/c1-16(2,3)19-11-13-6-7-14(18)10-15(13)20-8-9-21-17(4,5)12-20/h6-7,10,19H,8-9,11-12H2,1-5H3. The summed E-state index contributed by atoms with van der Waals surface area (Å²) in [6, 6.07) is 6.55. The van der Waals surface area contributed by atoms with Gasteiger partial charge in [0, 0.05) is 35.3 Å². The van der Waals surface area contributed by atoms with E-state index >= 15 is 0 Å². The predicted molar refractivity (Wildman–Crippen MR) is 93.0 cm³/mol. The number of rotatable bonds is 3. The van der Waals surface area contributed by atoms with E-state index in [2.05, 4.69) is 79.0 Å². The SMILES string of the molecule is CC(C)(C)NCc1ccc(Br)cc1N1CCOC(C)(C)C1. The molecule has 0 aliphatic carbocycles. The second-order valence-corrected chi connectivity index (χ2v) is 8.32. The number of nitrogens with zero attached hydrogens (tertiary/aromatic N) is 1. The van der Waals surface area contributed by atoms with Crippen LogP contribution in [0.1, 0.15) is 40.2 Å². The molecule has 0 spiro atoms. The molecular weight excluding hydrogens is 328 g/mol. The van der Waals surface area contributed by atoms with Crippen LogP contribution in [-0.2, 0) is 11.3 Å². The van der Waals surface area contributed by atoms with Crippen molar-refractivity contribution in [1.82, 2.24) is 5.32 Å². The van der Waals surface area contributed by atoms with Crippen molar-refractivity contribution in [1.29, 1.82) is 0 Å². The van der Waals surface area contributed by atoms with Gasteiger partial charge in [0.2, 0.25) is 0 Å². The molecule has 1 fully saturated rings. The third-order valence-corrected chi connectivity index (χ3v) is 4.12. The minimum Gasteiger partial charge on any atom is -0.372 e. The fourth-order valence-electron chi connectivity index (χ4n) is 2.56. The Morgan fingerprint density at radius 3 is 2.67 bits per heavy atom. The Kier molecular flexibility index (Phi) is 5.01. The van der Waals surface area contributed by atoms with Gasteiger partial charge in [0.1, 0.15) is 0 Å². The second-order valence-electron chi connectivity index (χ2n) is 7.41. The quantitative estimate of drug-likeness (QED) is 0.889. The molecule has 1 aliphatic heterocycles. The summed E-state index contributed by atoms with van der Waals surface area (Å²) in [4.78, 5) is 2.44. The van der Waals surface area contributed by atoms with Crippen LogP contribution in [-0.4, -0.2) is 30.8 Å². The molecule has 0 radical (unpaired) electrons. The molecule has 0 aromatic heterocycles. The minimum atomic E-state index is -0.0880. The Morgan fingerprint density at radius 1 is 1.33 bits per heavy atom. The van der Waals surface area contributed by atoms with Gasteiger partial charge in [-0.2, -0.15) is 0 Å². The van der Waals surface area contributed by atoms with Crippen molar-refractivity contribution in [2.75, 3.05) is 24.6 Å². The molecule has 0 bridgehead atoms. The lowest BCUT2D eigenvalue weighted by molar-refractivity contribution is -0.0277. The van der Waals surface area contributed by atoms with E-state index in [0.717, 1.165) is 30.7 Å². The summed E-state index contributed by atoms with van der Waals surface area (Å²) in [5.74, 6) is 0. The van der Waals surface area contributed by atoms with E-state index in [4.69, 9.17) is 4.74 Å². The van der Waals surface area contributed by atoms with Crippen LogP contribution in [0.5, 0.6) is 0 Å². The van der Waals surface area contributed by atoms with E-state index in [9.17, 15) is 0 Å². The molecule has 3 nitrogen and oxygen atoms in total. The molecular formula is C17H27BrN2O. The predicted octanol–water partition coefficient (Wildman–Crippen LogP) is 3.95. The van der Waals surface area contributed by atoms with Crippen LogP contribution >= 0.6 is 15.9 Å². The van der Waals surface area contributed by atoms with Crippen molar-refractivity contribution < 1.29 is 4.74 Å². The molecule has 4 heteroatoms. The van der Waals surface area contributed by atoms with Gasteiger partial charge in [0.15, 0.2) is 0 Å². The van der Waals surface area contributed by atoms with Gasteiger partial charge in [-0.1, -0.05) is 22.0 Å². The zero-order chi connectivity index (χ0) is 15.7. The van der Waals surface area contributed by atoms with Gasteiger partial charge in [0.05, 0.1) is 12.2 Å². The molecule has 2 rings (SSSR count). The third kappa shape index (κ3) is 4.97. The Labute approximate surface area is 137 Å². The highest BCUT2D eigenvalue weighted by Crippen LogP contribution is 2.29. The molecule has 1 N–H and O–H groups in total. The summed E-state index contributed by atoms with van der Waals surface area (Å²) in [6.07, 6.45) is 0. The number of ether oxygens (including phenoxy) is 1. The fraction of sp³-hybridized carbons (Fsp3) is 0.647. The lowest BCUT2D eigenvalue weighted by atomic mass is 10.0. The molecule has 1 aromatic carbocycles. The van der Waals surface area contributed by atoms with Gasteiger partial charge in [-0.05, 0) is 52.3 Å². The van der Waals surface area contributed by atoms with E-state index in [0.29, 0.717) is 0 Å². The van der Waals surface area contributed by atoms with Crippen molar-refractivity contribution in [2.45, 2.75) is 52.3 Å². The highest BCUT2D eigenvalue weighted by atomic mass is 79.9. The molecule has 21 heavy (non-hydrogen) atoms. The normalized spacial score (nSPS) is 18.9. The van der Waals surface area contributed by atoms with Crippen molar-refractivity contribution in [3.8, 4) is 0 Å². The van der Waals surface area contributed by atoms with E-state index < -0.39 is 0 Å². The number of anilines is 1. The first-order chi connectivity index (χ1) is 9.66. The summed E-state index contributed by atoms with van der Waals surface area (Å²) in [6.45, 7) is 14.4. The number of benzene rings is 1. The first-order valence-electron chi connectivity index (χ1n) is 7.59. The fourth-order valence-corrected chi connectivity index (χ4v) is 2.91. The summed E-state index contributed by atoms with van der Waals surface area (Å²) in [5, 5.41) is 3.58. The Bertz CT molecular complexity index is 494. The maximum atomic E-state index is 5.83. The van der Waals surface area contributed by atoms with Gasteiger partial charge in [-0.15, -0.1) is 0 Å². The number of hydrogen-bond acceptors (Lipinski definition) is 3. The van der Waals surface area contributed by atoms with Gasteiger partial charge in [0.25, 0.3) is 0 Å². The smallest absolute Gasteiger partial charge is 0.0801 e. The average molecular weight is 355 g/mol. The molecule has 0 amide bonds. The van der Waals surface area contributed by atoms with Crippen molar-refractivity contribution in [2.24, 2.45) is 0 Å². The molecule has 0 atom stereocenters. The summed E-state index contributed by atoms with van der Waals surface area (Å²) < 4.78 is 6.96. The number of morpholine rings is 1. The van der Waals surface area contributed by atoms with Crippen LogP contribution in [0.4, 0.5) is 5.69 Å². The molecule has 0 saturated carbocycles. The molecule has 1 aliphatic rings. The van der Waals surface area contributed by atoms with Gasteiger partial charge in [-0.3, -0.25) is 0 Å². The van der Waals surface area contributed by atoms with Crippen molar-refractivity contribution in [3.05, 3.63) is 28.2 Å². The summed E-state index contributed by atoms with van der Waals surface area (Å²) in [5.41, 5.74) is 2.67. The Hall–Kier alpha value is -0.580. The van der Waals surface area contributed by atoms with E-state index in [1.165, 1.54) is 11.3 Å². The maximum Gasteiger partial charge on any atom is 0.0801 e. The van der Waals surface area contributed by atoms with Gasteiger partial charge < -0.3 is 15.0 Å². The van der Waals surface area contributed by atoms with Crippen LogP contribution < -0.4 is 10.2 Å². The largest absolute Gasteiger partial charge is 0.372 e. The van der Waals surface area contributed by atoms with E-state index in [-0.39, 0.29) is 11.1 Å². The first kappa shape index (κ1) is 16.8. The van der Waals surface area contributed by atoms with Crippen LogP contribution in [0, 0.1) is 0 Å². The maximum absolute atomic E-state index is 5.83. The van der Waals surface area contributed by atoms with E-state index in [1.807, 2.05) is 0 Å². The molecule has 118 valence electrons. The topological polar surface area (TPSA) is 24.5 Å². The highest BCUT2D eigenvalue weighted by molar-refractivity contribution is 9.10. The molecule has 1 saturated heterocycles. The highest BCUT2D eigenvalue weighted by Gasteiger charge is 2.28. The van der Waals surface area contributed by atoms with Crippen LogP contribution in [0.2, 0.25) is 0 Å². The monoisotopic (exact) mass is 354 g/mol. The number of hydrogen-bond donors (Lipinski definition) is 1. The average Bonchev–Trinajstić information content (AvgIpc) is 2.35. The summed E-state index contributed by atoms with van der Waals surface area (Å²) >= 11 is 3.60. The van der Waals surface area contributed by atoms with Crippen LogP contribution in [0.3, 0.4) is 0 Å². The van der Waals surface area contributed by atoms with Crippen LogP contribution in [0.15, 0.2) is 22.7 Å².